The molecule has 0 amide bonds. The number of thiazole rings is 1. The summed E-state index contributed by atoms with van der Waals surface area (Å²) in [6.45, 7) is 29.0. The molecule has 8 aromatic rings. The topological polar surface area (TPSA) is 79.5 Å². The molecule has 1 saturated heterocycles. The highest BCUT2D eigenvalue weighted by Crippen LogP contribution is 2.32. The van der Waals surface area contributed by atoms with Gasteiger partial charge in [0.25, 0.3) is 0 Å². The highest BCUT2D eigenvalue weighted by atomic mass is 32.1. The van der Waals surface area contributed by atoms with Gasteiger partial charge in [0.05, 0.1) is 17.7 Å². The van der Waals surface area contributed by atoms with Crippen LogP contribution in [0.3, 0.4) is 0 Å². The number of nitrogens with zero attached hydrogens (tertiary/aromatic N) is 17. The number of aromatic nitrogens is 5. The number of likely N-dealkylation sites (tertiary alicyclic amines) is 1. The average Bonchev–Trinajstić information content (AvgIpc) is 1.18. The van der Waals surface area contributed by atoms with Crippen LogP contribution < -0.4 is 9.80 Å². The van der Waals surface area contributed by atoms with Crippen LogP contribution in [0.15, 0.2) is 245 Å². The van der Waals surface area contributed by atoms with Gasteiger partial charge in [-0.2, -0.15) is 0 Å². The lowest BCUT2D eigenvalue weighted by atomic mass is 10.0. The van der Waals surface area contributed by atoms with Crippen LogP contribution in [0, 0.1) is 0 Å². The Morgan fingerprint density at radius 2 is 0.730 bits per heavy atom. The van der Waals surface area contributed by atoms with Crippen molar-refractivity contribution < 1.29 is 0 Å². The summed E-state index contributed by atoms with van der Waals surface area (Å²) in [7, 11) is 26.0. The largest absolute Gasteiger partial charge is 0.374 e. The van der Waals surface area contributed by atoms with E-state index in [-0.39, 0.29) is 29.7 Å². The van der Waals surface area contributed by atoms with Crippen molar-refractivity contribution in [1.29, 1.82) is 0 Å². The third-order valence-corrected chi connectivity index (χ3v) is 27.1. The standard InChI is InChI=1S/2C10H13N.4C9H13N.2C9H11N.2C8H12N2.C7H11N3.C7H10N2S.4CH4/c1-11-8-4-6-9-5-2-3-7-10(9)11;1-11-7-6-9-4-2-3-5-10(9)8-11;4*1-10-6-5-8-3-2-4-9(8)7-10;1-10-6-8-4-2-3-5-9(8)7-10;1-10-7-6-8-4-2-3-5-9(8)10;2*1-9-5-6-10-4-2-3-8(10)7-9;1-9-4-5-10-3-2-8-7(10)6-9;1-9-3-2-7-6(4-9)8-5-10-7;;;;/h2-3,5,7H,4,6,8H2,1H3;2-5H,6-8H2,1H3;3-4H,2,5-7H2,1H3;2,4H,3,5-7H2,1H3;2*2-3H,4-7H2,1H3;2*2-5H,6-7H2,1H3;2*2-4H,5-7H2,1H3;2-3H,4-6H2,1H3;5H,2-4H2,1H3;4*1H4. The molecule has 4 aliphatic carbocycles. The number of anilines is 2. The molecule has 0 atom stereocenters. The third-order valence-electron chi connectivity index (χ3n) is 26.2. The molecule has 684 valence electrons. The number of aryl methyl sites for hydroxylation is 1. The fraction of sp³-hybridized carbons (Fsp3) is 0.500. The zero-order chi connectivity index (χ0) is 85.1. The van der Waals surface area contributed by atoms with Gasteiger partial charge in [-0.25, -0.2) is 9.97 Å². The number of hydrogen-bond donors (Lipinski definition) is 0. The van der Waals surface area contributed by atoms with Crippen molar-refractivity contribution in [3.63, 3.8) is 0 Å². The molecule has 24 rings (SSSR count). The molecule has 0 radical (unpaired) electrons. The number of piperidine rings is 1. The fourth-order valence-electron chi connectivity index (χ4n) is 18.7. The minimum atomic E-state index is 0. The second kappa shape index (κ2) is 51.6. The van der Waals surface area contributed by atoms with Crippen molar-refractivity contribution in [3.05, 3.63) is 306 Å². The van der Waals surface area contributed by atoms with Crippen LogP contribution in [-0.2, 0) is 91.1 Å². The molecule has 4 aromatic carbocycles. The van der Waals surface area contributed by atoms with Gasteiger partial charge < -0.3 is 52.9 Å². The van der Waals surface area contributed by atoms with Crippen molar-refractivity contribution in [2.75, 3.05) is 193 Å². The Bertz CT molecular complexity index is 4610. The monoisotopic (exact) mass is 1730 g/mol. The summed E-state index contributed by atoms with van der Waals surface area (Å²) in [6.07, 6.45) is 42.7. The van der Waals surface area contributed by atoms with Crippen molar-refractivity contribution in [3.8, 4) is 0 Å². The van der Waals surface area contributed by atoms with E-state index in [1.165, 1.54) is 248 Å². The predicted molar refractivity (Wildman–Crippen MR) is 540 cm³/mol. The summed E-state index contributed by atoms with van der Waals surface area (Å²) in [5, 5.41) is 0. The smallest absolute Gasteiger partial charge is 0.122 e. The van der Waals surface area contributed by atoms with E-state index in [0.29, 0.717) is 0 Å². The molecule has 0 N–H and O–H groups in total. The van der Waals surface area contributed by atoms with E-state index < -0.39 is 0 Å². The average molecular weight is 1730 g/mol. The highest BCUT2D eigenvalue weighted by molar-refractivity contribution is 7.09. The molecule has 0 bridgehead atoms. The summed E-state index contributed by atoms with van der Waals surface area (Å²) in [5.41, 5.74) is 30.9. The van der Waals surface area contributed by atoms with Gasteiger partial charge in [0, 0.05) is 224 Å². The number of fused-ring (bicyclic) bond motifs is 9. The van der Waals surface area contributed by atoms with Gasteiger partial charge in [-0.3, -0.25) is 19.6 Å². The minimum Gasteiger partial charge on any atom is -0.374 e. The Kier molecular flexibility index (Phi) is 41.4. The van der Waals surface area contributed by atoms with Gasteiger partial charge >= 0.3 is 0 Å². The number of rotatable bonds is 0. The summed E-state index contributed by atoms with van der Waals surface area (Å²) in [5.74, 6) is 1.19. The number of hydrogen-bond acceptors (Lipinski definition) is 15. The zero-order valence-corrected chi connectivity index (χ0v) is 77.2. The number of likely N-dealkylation sites (N-methyl/N-ethyl adjacent to an activating group) is 10. The summed E-state index contributed by atoms with van der Waals surface area (Å²) in [4.78, 5) is 38.1. The summed E-state index contributed by atoms with van der Waals surface area (Å²) < 4.78 is 6.85. The van der Waals surface area contributed by atoms with E-state index in [2.05, 4.69) is 349 Å². The first kappa shape index (κ1) is 101. The van der Waals surface area contributed by atoms with E-state index in [1.54, 1.807) is 55.9 Å². The van der Waals surface area contributed by atoms with Gasteiger partial charge in [0.1, 0.15) is 5.82 Å². The number of allylic oxidation sites excluding steroid dienone is 7. The molecule has 126 heavy (non-hydrogen) atoms. The Balaban J connectivity index is 0.000000155. The lowest BCUT2D eigenvalue weighted by Crippen LogP contribution is -2.30. The number of imidazole rings is 1. The van der Waals surface area contributed by atoms with Crippen molar-refractivity contribution >= 4 is 22.7 Å². The van der Waals surface area contributed by atoms with E-state index in [0.717, 1.165) is 72.0 Å². The maximum Gasteiger partial charge on any atom is 0.122 e. The van der Waals surface area contributed by atoms with Crippen molar-refractivity contribution in [2.24, 2.45) is 0 Å². The SMILES string of the molecule is C.C.C.C.CN1CCC2=C(C=CC2)C1.CN1CCC2=C(CC=C2)C1.CN1CCC2=C(CC=C2)C1.CN1CCC2=CCC=C2C1.CN1CCCc2ccccc21.CN1CCc2ccccc21.CN1CCc2ccccc2C1.CN1CCc2scnc2C1.CN1CCn2cccc2C1.CN1CCn2cccc2C1.CN1CCn2ccnc2C1.CN1Cc2ccccc2C1. The minimum absolute atomic E-state index is 0. The van der Waals surface area contributed by atoms with E-state index in [4.69, 9.17) is 0 Å². The van der Waals surface area contributed by atoms with Gasteiger partial charge in [0.15, 0.2) is 0 Å². The van der Waals surface area contributed by atoms with Crippen LogP contribution >= 0.6 is 11.3 Å². The normalized spacial score (nSPS) is 19.7. The van der Waals surface area contributed by atoms with Gasteiger partial charge in [0.2, 0.25) is 0 Å². The maximum atomic E-state index is 4.28. The molecule has 0 spiro atoms. The fourth-order valence-corrected chi connectivity index (χ4v) is 19.5. The highest BCUT2D eigenvalue weighted by Gasteiger charge is 2.23. The van der Waals surface area contributed by atoms with Crippen LogP contribution in [0.2, 0.25) is 0 Å². The van der Waals surface area contributed by atoms with Crippen molar-refractivity contribution in [1.82, 2.24) is 72.7 Å². The Hall–Kier alpha value is -8.60. The molecule has 16 heterocycles. The molecule has 16 aliphatic rings. The lowest BCUT2D eigenvalue weighted by Gasteiger charge is -2.26. The molecule has 12 aliphatic heterocycles. The Labute approximate surface area is 767 Å². The Morgan fingerprint density at radius 3 is 1.33 bits per heavy atom. The predicted octanol–water partition coefficient (Wildman–Crippen LogP) is 19.2. The first-order chi connectivity index (χ1) is 59.4. The van der Waals surface area contributed by atoms with E-state index in [9.17, 15) is 0 Å². The van der Waals surface area contributed by atoms with Crippen LogP contribution in [0.25, 0.3) is 0 Å². The lowest BCUT2D eigenvalue weighted by molar-refractivity contribution is 0.264. The maximum absolute atomic E-state index is 4.28. The quantitative estimate of drug-likeness (QED) is 0.145. The second-order valence-corrected chi connectivity index (χ2v) is 37.3. The van der Waals surface area contributed by atoms with Crippen molar-refractivity contribution in [2.45, 2.75) is 179 Å². The molecule has 0 saturated carbocycles. The van der Waals surface area contributed by atoms with Crippen LogP contribution in [0.1, 0.15) is 149 Å². The molecule has 17 nitrogen and oxygen atoms in total. The summed E-state index contributed by atoms with van der Waals surface area (Å²) >= 11 is 1.79. The van der Waals surface area contributed by atoms with Crippen LogP contribution in [0.5, 0.6) is 0 Å². The van der Waals surface area contributed by atoms with Crippen LogP contribution in [-0.4, -0.2) is 255 Å². The number of benzene rings is 4. The molecule has 4 aromatic heterocycles. The zero-order valence-electron chi connectivity index (χ0n) is 76.4. The molecular weight excluding hydrogens is 1570 g/mol. The third kappa shape index (κ3) is 30.3. The van der Waals surface area contributed by atoms with Gasteiger partial charge in [-0.1, -0.05) is 169 Å². The van der Waals surface area contributed by atoms with Crippen LogP contribution in [0.4, 0.5) is 11.4 Å². The van der Waals surface area contributed by atoms with E-state index in [1.807, 2.05) is 17.9 Å². The molecule has 1 fully saturated rings. The van der Waals surface area contributed by atoms with Gasteiger partial charge in [-0.05, 0) is 263 Å². The summed E-state index contributed by atoms with van der Waals surface area (Å²) in [6, 6.07) is 43.2. The molecule has 18 heteroatoms. The number of para-hydroxylation sites is 2. The molecule has 0 unspecified atom stereocenters. The molecular formula is C108H161N17S. The Morgan fingerprint density at radius 1 is 0.294 bits per heavy atom. The van der Waals surface area contributed by atoms with Gasteiger partial charge in [-0.15, -0.1) is 11.3 Å². The second-order valence-electron chi connectivity index (χ2n) is 36.3. The van der Waals surface area contributed by atoms with E-state index >= 15 is 0 Å². The first-order valence-electron chi connectivity index (χ1n) is 45.6. The first-order valence-corrected chi connectivity index (χ1v) is 46.5.